The molecule has 0 atom stereocenters. The van der Waals surface area contributed by atoms with Crippen LogP contribution in [0.2, 0.25) is 127 Å². The van der Waals surface area contributed by atoms with Gasteiger partial charge in [-0.05, 0) is 0 Å². The van der Waals surface area contributed by atoms with Crippen LogP contribution in [0.1, 0.15) is 119 Å². The third-order valence-electron chi connectivity index (χ3n) is 11.8. The van der Waals surface area contributed by atoms with Gasteiger partial charge >= 0.3 is 353 Å². The molecule has 302 valence electrons. The van der Waals surface area contributed by atoms with E-state index in [9.17, 15) is 0 Å². The summed E-state index contributed by atoms with van der Waals surface area (Å²) in [6.45, 7) is 63.2. The summed E-state index contributed by atoms with van der Waals surface area (Å²) in [6, 6.07) is 11.0. The van der Waals surface area contributed by atoms with Crippen molar-refractivity contribution in [3.63, 3.8) is 0 Å². The second kappa shape index (κ2) is 18.2. The molecule has 53 heavy (non-hydrogen) atoms. The van der Waals surface area contributed by atoms with Crippen LogP contribution in [0.3, 0.4) is 0 Å². The summed E-state index contributed by atoms with van der Waals surface area (Å²) in [5.74, 6) is 1.77. The second-order valence-electron chi connectivity index (χ2n) is 24.6. The van der Waals surface area contributed by atoms with Crippen LogP contribution in [0.4, 0.5) is 0 Å². The van der Waals surface area contributed by atoms with E-state index in [1.165, 1.54) is 27.3 Å². The Kier molecular flexibility index (Phi) is 17.1. The Morgan fingerprint density at radius 1 is 0.358 bits per heavy atom. The molecule has 0 saturated carbocycles. The monoisotopic (exact) mass is 930 g/mol. The van der Waals surface area contributed by atoms with Crippen LogP contribution in [-0.2, 0) is 12.8 Å². The van der Waals surface area contributed by atoms with Crippen LogP contribution in [0.25, 0.3) is 0 Å². The molecule has 0 amide bonds. The molecule has 0 unspecified atom stereocenters. The third kappa shape index (κ3) is 13.3. The van der Waals surface area contributed by atoms with Crippen LogP contribution >= 0.6 is 0 Å². The summed E-state index contributed by atoms with van der Waals surface area (Å²) in [7, 11) is -9.01. The Morgan fingerprint density at radius 2 is 0.623 bits per heavy atom. The topological polar surface area (TPSA) is 0 Å². The second-order valence-corrected chi connectivity index (χ2v) is 62.4. The van der Waals surface area contributed by atoms with Gasteiger partial charge in [0.15, 0.2) is 0 Å². The average molecular weight is 930 g/mol. The van der Waals surface area contributed by atoms with Gasteiger partial charge in [0.1, 0.15) is 0 Å². The molecule has 0 N–H and O–H groups in total. The van der Waals surface area contributed by atoms with Gasteiger partial charge in [-0.15, -0.1) is 0 Å². The molecule has 0 aliphatic rings. The average Bonchev–Trinajstić information content (AvgIpc) is 2.88. The number of rotatable bonds is 18. The van der Waals surface area contributed by atoms with Crippen LogP contribution in [0.5, 0.6) is 0 Å². The molecule has 0 aromatic heterocycles. The van der Waals surface area contributed by atoms with Gasteiger partial charge in [0.25, 0.3) is 0 Å². The summed E-state index contributed by atoms with van der Waals surface area (Å²) < 4.78 is 2.96. The Hall–Kier alpha value is 0.540. The van der Waals surface area contributed by atoms with E-state index in [0.29, 0.717) is 17.8 Å². The third-order valence-corrected chi connectivity index (χ3v) is 43.2. The van der Waals surface area contributed by atoms with E-state index in [0.717, 1.165) is 15.5 Å². The molecule has 0 bridgehead atoms. The number of hydrogen-bond acceptors (Lipinski definition) is 0. The maximum absolute atomic E-state index is 2.93. The Bertz CT molecular complexity index is 1370. The zero-order chi connectivity index (χ0) is 41.4. The normalized spacial score (nSPS) is 14.3. The molecule has 0 saturated heterocycles. The molecule has 0 nitrogen and oxygen atoms in total. The molecule has 7 heteroatoms. The number of benzene rings is 2. The molecular weight excluding hydrogens is 840 g/mol. The molecule has 2 rings (SSSR count). The first-order valence-corrected chi connectivity index (χ1v) is 47.2. The molecule has 0 aliphatic carbocycles. The predicted octanol–water partition coefficient (Wildman–Crippen LogP) is 15.9. The first kappa shape index (κ1) is 49.7. The van der Waals surface area contributed by atoms with Crippen LogP contribution in [0.15, 0.2) is 24.3 Å². The van der Waals surface area contributed by atoms with Crippen molar-refractivity contribution in [3.8, 4) is 0 Å². The van der Waals surface area contributed by atoms with Crippen molar-refractivity contribution in [1.82, 2.24) is 0 Å². The van der Waals surface area contributed by atoms with Crippen LogP contribution < -0.4 is 0 Å². The Balaban J connectivity index is 2.88. The molecule has 2 aromatic rings. The van der Waals surface area contributed by atoms with E-state index in [4.69, 9.17) is 0 Å². The van der Waals surface area contributed by atoms with E-state index in [2.05, 4.69) is 184 Å². The minimum atomic E-state index is -1.52. The zero-order valence-corrected chi connectivity index (χ0v) is 49.0. The van der Waals surface area contributed by atoms with Crippen molar-refractivity contribution in [1.29, 1.82) is 0 Å². The summed E-state index contributed by atoms with van der Waals surface area (Å²) in [4.78, 5) is 0. The van der Waals surface area contributed by atoms with Gasteiger partial charge in [-0.3, -0.25) is 0 Å². The first-order valence-electron chi connectivity index (χ1n) is 21.7. The van der Waals surface area contributed by atoms with E-state index in [1.807, 2.05) is 16.7 Å². The van der Waals surface area contributed by atoms with Crippen molar-refractivity contribution < 1.29 is 0 Å². The molecule has 2 aromatic carbocycles. The fraction of sp³-hybridized carbons (Fsp3) is 0.739. The standard InChI is InChI=1S/C29H63Si6.C17H27.Sn/c1-20-24-25(28(32(8,9)10)33(11,12)13)21-23(27(30(2,3)4)31(5,6)7)22-26(24)29(34(14,15)16)35(17,18)19;1-8-15-16(12(4)5)9-14(11(2)3)10-17(15)13(6)7;/h21-22,27-29H,1,20H2,2-19H3;9-13H,1,8H2,2-7H3;. The fourth-order valence-electron chi connectivity index (χ4n) is 11.4. The molecule has 0 heterocycles. The van der Waals surface area contributed by atoms with Crippen molar-refractivity contribution >= 4 is 69.6 Å². The van der Waals surface area contributed by atoms with Gasteiger partial charge in [0.2, 0.25) is 0 Å². The Morgan fingerprint density at radius 3 is 0.868 bits per heavy atom. The molecular formula is C46H90Si6Sn. The first-order chi connectivity index (χ1) is 23.6. The van der Waals surface area contributed by atoms with Crippen molar-refractivity contribution in [2.75, 3.05) is 0 Å². The van der Waals surface area contributed by atoms with Crippen LogP contribution in [0, 0.1) is 0 Å². The van der Waals surface area contributed by atoms with E-state index in [-0.39, 0.29) is 0 Å². The van der Waals surface area contributed by atoms with Gasteiger partial charge in [-0.2, -0.15) is 0 Å². The van der Waals surface area contributed by atoms with Gasteiger partial charge in [0.05, 0.1) is 0 Å². The van der Waals surface area contributed by atoms with Gasteiger partial charge < -0.3 is 0 Å². The summed E-state index contributed by atoms with van der Waals surface area (Å²) in [5, 5.41) is 2.38. The van der Waals surface area contributed by atoms with E-state index in [1.54, 1.807) is 22.3 Å². The molecule has 2 radical (unpaired) electrons. The summed E-state index contributed by atoms with van der Waals surface area (Å²) in [5.41, 5.74) is 14.0. The Labute approximate surface area is 350 Å². The van der Waals surface area contributed by atoms with E-state index < -0.39 is 69.6 Å². The minimum absolute atomic E-state index is 0.555. The van der Waals surface area contributed by atoms with Crippen molar-refractivity contribution in [3.05, 3.63) is 68.8 Å². The molecule has 0 fully saturated rings. The van der Waals surface area contributed by atoms with Gasteiger partial charge in [0, 0.05) is 0 Å². The molecule has 0 spiro atoms. The molecule has 0 aliphatic heterocycles. The quantitative estimate of drug-likeness (QED) is 0.103. The van der Waals surface area contributed by atoms with Gasteiger partial charge in [-0.25, -0.2) is 0 Å². The summed E-state index contributed by atoms with van der Waals surface area (Å²) in [6.07, 6.45) is 2.65. The predicted molar refractivity (Wildman–Crippen MR) is 266 cm³/mol. The van der Waals surface area contributed by atoms with Crippen molar-refractivity contribution in [2.45, 2.75) is 214 Å². The fourth-order valence-corrected chi connectivity index (χ4v) is 52.8. The van der Waals surface area contributed by atoms with Crippen LogP contribution in [-0.4, -0.2) is 69.6 Å². The number of hydrogen-bond donors (Lipinski definition) is 0. The van der Waals surface area contributed by atoms with Gasteiger partial charge in [-0.1, -0.05) is 0 Å². The van der Waals surface area contributed by atoms with E-state index >= 15 is 0 Å². The van der Waals surface area contributed by atoms with Crippen molar-refractivity contribution in [2.24, 2.45) is 0 Å². The maximum atomic E-state index is 2.93. The SMILES string of the molecule is CC(C)c1cc(C(C)C)c(C[CH2][Sn][CH2]Cc2c(C([Si](C)(C)C)[Si](C)(C)C)cc(C([Si](C)(C)C)[Si](C)(C)C)cc2C([Si](C)(C)C)[Si](C)(C)C)c(C(C)C)c1. The zero-order valence-electron chi connectivity index (χ0n) is 40.1. The summed E-state index contributed by atoms with van der Waals surface area (Å²) >= 11 is -0.555.